The molecule has 4 rings (SSSR count). The minimum absolute atomic E-state index is 0. The number of nitrogens with zero attached hydrogens (tertiary/aromatic N) is 4. The lowest BCUT2D eigenvalue weighted by Gasteiger charge is -2.44. The summed E-state index contributed by atoms with van der Waals surface area (Å²) in [7, 11) is 0. The molecule has 1 aliphatic rings. The number of amides is 1. The highest BCUT2D eigenvalue weighted by atomic mass is 16.3. The van der Waals surface area contributed by atoms with Gasteiger partial charge < -0.3 is 19.9 Å². The number of pyridine rings is 2. The van der Waals surface area contributed by atoms with Crippen LogP contribution in [0.3, 0.4) is 0 Å². The first kappa shape index (κ1) is 17.3. The summed E-state index contributed by atoms with van der Waals surface area (Å²) in [5.74, 6) is 1.13. The molecule has 4 heterocycles. The predicted octanol–water partition coefficient (Wildman–Crippen LogP) is 3.27. The highest BCUT2D eigenvalue weighted by Gasteiger charge is 2.31. The fourth-order valence-corrected chi connectivity index (χ4v) is 4.08. The molecule has 3 aromatic heterocycles. The fraction of sp³-hybridized carbons (Fsp3) is 0.350. The second-order valence-corrected chi connectivity index (χ2v) is 7.20. The van der Waals surface area contributed by atoms with Crippen LogP contribution in [0.2, 0.25) is 0 Å². The minimum Gasteiger partial charge on any atom is -0.506 e. The average molecular weight is 369 g/mol. The lowest BCUT2D eigenvalue weighted by atomic mass is 10.1. The summed E-state index contributed by atoms with van der Waals surface area (Å²) in [6, 6.07) is 7.89. The van der Waals surface area contributed by atoms with E-state index in [-0.39, 0.29) is 26.6 Å². The van der Waals surface area contributed by atoms with Gasteiger partial charge in [0.1, 0.15) is 17.2 Å². The lowest BCUT2D eigenvalue weighted by molar-refractivity contribution is -0.133. The monoisotopic (exact) mass is 369 g/mol. The molecule has 3 aromatic rings. The van der Waals surface area contributed by atoms with E-state index in [1.54, 1.807) is 13.0 Å². The zero-order chi connectivity index (χ0) is 19.1. The number of anilines is 1. The van der Waals surface area contributed by atoms with Gasteiger partial charge in [-0.2, -0.15) is 0 Å². The van der Waals surface area contributed by atoms with Crippen LogP contribution in [0.5, 0.6) is 5.75 Å². The number of carbonyl (C=O) groups is 1. The number of H-pyrrole nitrogens is 1. The van der Waals surface area contributed by atoms with Crippen LogP contribution in [-0.2, 0) is 4.79 Å². The molecule has 7 nitrogen and oxygen atoms in total. The topological polar surface area (TPSA) is 85.4 Å². The van der Waals surface area contributed by atoms with Crippen LogP contribution in [0.25, 0.3) is 22.3 Å². The number of hydrogen-bond acceptors (Lipinski definition) is 5. The molecule has 2 atom stereocenters. The Morgan fingerprint density at radius 2 is 2.04 bits per heavy atom. The van der Waals surface area contributed by atoms with Gasteiger partial charge in [-0.05, 0) is 32.0 Å². The van der Waals surface area contributed by atoms with Crippen LogP contribution < -0.4 is 4.90 Å². The van der Waals surface area contributed by atoms with E-state index >= 15 is 0 Å². The summed E-state index contributed by atoms with van der Waals surface area (Å²) in [6.07, 6.45) is 3.28. The smallest absolute Gasteiger partial charge is 0.220 e. The quantitative estimate of drug-likeness (QED) is 0.724. The van der Waals surface area contributed by atoms with Gasteiger partial charge in [-0.15, -0.1) is 0 Å². The van der Waals surface area contributed by atoms with Crippen LogP contribution in [0, 0.1) is 0 Å². The molecule has 0 unspecified atom stereocenters. The average Bonchev–Trinajstić information content (AvgIpc) is 3.04. The predicted molar refractivity (Wildman–Crippen MR) is 109 cm³/mol. The first-order valence-corrected chi connectivity index (χ1v) is 9.11. The summed E-state index contributed by atoms with van der Waals surface area (Å²) in [5, 5.41) is 10.6. The van der Waals surface area contributed by atoms with Gasteiger partial charge in [0.25, 0.3) is 0 Å². The van der Waals surface area contributed by atoms with Crippen molar-refractivity contribution in [3.8, 4) is 17.0 Å². The Hall–Kier alpha value is -3.09. The molecule has 1 amide bonds. The van der Waals surface area contributed by atoms with Gasteiger partial charge in [-0.1, -0.05) is 6.07 Å². The van der Waals surface area contributed by atoms with Crippen LogP contribution in [0.15, 0.2) is 36.7 Å². The number of aromatic hydroxyl groups is 1. The molecule has 144 valence electrons. The number of carbonyl (C=O) groups excluding carboxylic acids is 1. The van der Waals surface area contributed by atoms with Crippen molar-refractivity contribution >= 4 is 22.8 Å². The summed E-state index contributed by atoms with van der Waals surface area (Å²) in [5.41, 5.74) is 2.44. The summed E-state index contributed by atoms with van der Waals surface area (Å²) in [6.45, 7) is 7.26. The number of fused-ring (bicyclic) bond motifs is 1. The number of piperazine rings is 1. The summed E-state index contributed by atoms with van der Waals surface area (Å²) in [4.78, 5) is 28.2. The van der Waals surface area contributed by atoms with Crippen molar-refractivity contribution in [1.82, 2.24) is 19.9 Å². The van der Waals surface area contributed by atoms with Crippen molar-refractivity contribution in [2.75, 3.05) is 18.0 Å². The standard InChI is InChI=1S/C20H23N5O2.2H2/c1-12-10-24(11-13(2)25(12)14(3)26)19-6-4-5-18(23-19)17-9-22-20-16(17)7-15(27)8-21-20;;/h4-9,12-13,27H,10-11H2,1-3H3,(H,21,22);2*1H/t12-,13+;;. The molecule has 0 saturated carbocycles. The van der Waals surface area contributed by atoms with E-state index in [1.807, 2.05) is 29.3 Å². The van der Waals surface area contributed by atoms with E-state index in [0.29, 0.717) is 5.65 Å². The van der Waals surface area contributed by atoms with Crippen LogP contribution in [-0.4, -0.2) is 56.0 Å². The maximum atomic E-state index is 11.9. The molecule has 0 spiro atoms. The Labute approximate surface area is 160 Å². The van der Waals surface area contributed by atoms with Gasteiger partial charge in [0.05, 0.1) is 11.9 Å². The number of aromatic nitrogens is 3. The molecule has 0 radical (unpaired) electrons. The van der Waals surface area contributed by atoms with Crippen molar-refractivity contribution in [2.24, 2.45) is 0 Å². The maximum Gasteiger partial charge on any atom is 0.220 e. The lowest BCUT2D eigenvalue weighted by Crippen LogP contribution is -2.58. The van der Waals surface area contributed by atoms with Crippen molar-refractivity contribution in [2.45, 2.75) is 32.9 Å². The molecule has 2 N–H and O–H groups in total. The SMILES string of the molecule is CC(=O)N1[C@H](C)CN(c2cccc(-c3c[nH]c4ncc(O)cc34)n2)C[C@@H]1C.[HH].[HH]. The second-order valence-electron chi connectivity index (χ2n) is 7.20. The Morgan fingerprint density at radius 3 is 2.74 bits per heavy atom. The molecule has 1 fully saturated rings. The number of nitrogens with one attached hydrogen (secondary N) is 1. The number of aromatic amines is 1. The Bertz CT molecular complexity index is 997. The van der Waals surface area contributed by atoms with Crippen molar-refractivity contribution in [1.29, 1.82) is 0 Å². The molecule has 0 aliphatic carbocycles. The fourth-order valence-electron chi connectivity index (χ4n) is 4.08. The number of hydrogen-bond donors (Lipinski definition) is 2. The van der Waals surface area contributed by atoms with Gasteiger partial charge >= 0.3 is 0 Å². The minimum atomic E-state index is 0. The van der Waals surface area contributed by atoms with E-state index in [4.69, 9.17) is 4.98 Å². The molecule has 7 heteroatoms. The van der Waals surface area contributed by atoms with E-state index < -0.39 is 0 Å². The van der Waals surface area contributed by atoms with Gasteiger partial charge in [0.15, 0.2) is 0 Å². The highest BCUT2D eigenvalue weighted by Crippen LogP contribution is 2.30. The number of rotatable bonds is 2. The van der Waals surface area contributed by atoms with E-state index in [1.165, 1.54) is 6.20 Å². The van der Waals surface area contributed by atoms with Crippen molar-refractivity contribution < 1.29 is 12.8 Å². The van der Waals surface area contributed by atoms with Gasteiger partial charge in [-0.3, -0.25) is 4.79 Å². The van der Waals surface area contributed by atoms with E-state index in [2.05, 4.69) is 28.7 Å². The van der Waals surface area contributed by atoms with Crippen molar-refractivity contribution in [3.05, 3.63) is 36.7 Å². The molecule has 0 aromatic carbocycles. The molecule has 1 aliphatic heterocycles. The normalized spacial score (nSPS) is 20.3. The molecular formula is C20H27N5O2. The largest absolute Gasteiger partial charge is 0.506 e. The third-order valence-electron chi connectivity index (χ3n) is 5.13. The van der Waals surface area contributed by atoms with Crippen LogP contribution in [0.4, 0.5) is 5.82 Å². The maximum absolute atomic E-state index is 11.9. The first-order valence-electron chi connectivity index (χ1n) is 9.11. The first-order chi connectivity index (χ1) is 12.9. The summed E-state index contributed by atoms with van der Waals surface area (Å²) >= 11 is 0. The third kappa shape index (κ3) is 3.09. The molecule has 27 heavy (non-hydrogen) atoms. The molecule has 1 saturated heterocycles. The molecule has 0 bridgehead atoms. The van der Waals surface area contributed by atoms with E-state index in [0.717, 1.165) is 35.6 Å². The second kappa shape index (κ2) is 6.57. The van der Waals surface area contributed by atoms with Crippen LogP contribution >= 0.6 is 0 Å². The zero-order valence-electron chi connectivity index (χ0n) is 15.7. The van der Waals surface area contributed by atoms with E-state index in [9.17, 15) is 9.90 Å². The molecular weight excluding hydrogens is 342 g/mol. The third-order valence-corrected chi connectivity index (χ3v) is 5.13. The summed E-state index contributed by atoms with van der Waals surface area (Å²) < 4.78 is 0. The Balaban J connectivity index is 0.00000150. The Morgan fingerprint density at radius 1 is 1.30 bits per heavy atom. The van der Waals surface area contributed by atoms with Gasteiger partial charge in [0.2, 0.25) is 5.91 Å². The van der Waals surface area contributed by atoms with Crippen LogP contribution in [0.1, 0.15) is 23.6 Å². The van der Waals surface area contributed by atoms with Gasteiger partial charge in [-0.25, -0.2) is 9.97 Å². The zero-order valence-corrected chi connectivity index (χ0v) is 15.7. The highest BCUT2D eigenvalue weighted by molar-refractivity contribution is 5.93. The van der Waals surface area contributed by atoms with Gasteiger partial charge in [0, 0.05) is 52.1 Å². The van der Waals surface area contributed by atoms with Crippen molar-refractivity contribution in [3.63, 3.8) is 0 Å². The Kier molecular flexibility index (Phi) is 4.22.